The molecule has 0 spiro atoms. The Bertz CT molecular complexity index is 117. The molecule has 0 unspecified atom stereocenters. The van der Waals surface area contributed by atoms with Crippen LogP contribution in [-0.4, -0.2) is 24.0 Å². The summed E-state index contributed by atoms with van der Waals surface area (Å²) in [4.78, 5) is 12.2. The van der Waals surface area contributed by atoms with Crippen molar-refractivity contribution >= 4 is 18.4 Å². The fraction of sp³-hybridized carbons (Fsp3) is 0.857. The van der Waals surface area contributed by atoms with Crippen molar-refractivity contribution in [1.82, 2.24) is 4.90 Å². The highest BCUT2D eigenvalue weighted by Crippen LogP contribution is 1.96. The van der Waals surface area contributed by atoms with Crippen LogP contribution in [0.2, 0.25) is 0 Å². The second-order valence-corrected chi connectivity index (χ2v) is 2.77. The average molecular weight is 181 g/mol. The number of carbonyl (C=O) groups is 1. The molecule has 0 aromatic carbocycles. The molecule has 68 valence electrons. The van der Waals surface area contributed by atoms with E-state index in [0.717, 1.165) is 6.54 Å². The third-order valence-electron chi connectivity index (χ3n) is 1.28. The summed E-state index contributed by atoms with van der Waals surface area (Å²) in [5.74, 6) is 0.493. The van der Waals surface area contributed by atoms with Crippen LogP contribution in [0, 0.1) is 5.92 Å². The zero-order chi connectivity index (χ0) is 8.15. The SMILES string of the molecule is CCN(CC(C)C)C(N)=O.Cl. The Morgan fingerprint density at radius 2 is 2.00 bits per heavy atom. The number of carbonyl (C=O) groups excluding carboxylic acids is 1. The Balaban J connectivity index is 0. The van der Waals surface area contributed by atoms with Crippen molar-refractivity contribution < 1.29 is 4.79 Å². The molecule has 0 aliphatic carbocycles. The maximum absolute atomic E-state index is 10.6. The minimum absolute atomic E-state index is 0. The van der Waals surface area contributed by atoms with Gasteiger partial charge in [-0.2, -0.15) is 0 Å². The summed E-state index contributed by atoms with van der Waals surface area (Å²) >= 11 is 0. The quantitative estimate of drug-likeness (QED) is 0.703. The molecule has 0 saturated heterocycles. The topological polar surface area (TPSA) is 46.3 Å². The molecule has 0 aromatic heterocycles. The van der Waals surface area contributed by atoms with Gasteiger partial charge in [-0.15, -0.1) is 12.4 Å². The van der Waals surface area contributed by atoms with Crippen LogP contribution < -0.4 is 5.73 Å². The summed E-state index contributed by atoms with van der Waals surface area (Å²) in [6, 6.07) is -0.323. The largest absolute Gasteiger partial charge is 0.351 e. The number of nitrogens with two attached hydrogens (primary N) is 1. The monoisotopic (exact) mass is 180 g/mol. The fourth-order valence-electron chi connectivity index (χ4n) is 0.816. The highest BCUT2D eigenvalue weighted by atomic mass is 35.5. The van der Waals surface area contributed by atoms with E-state index in [1.165, 1.54) is 0 Å². The Morgan fingerprint density at radius 3 is 2.09 bits per heavy atom. The Morgan fingerprint density at radius 1 is 1.55 bits per heavy atom. The van der Waals surface area contributed by atoms with Gasteiger partial charge in [0.25, 0.3) is 0 Å². The van der Waals surface area contributed by atoms with Gasteiger partial charge in [-0.1, -0.05) is 13.8 Å². The van der Waals surface area contributed by atoms with Crippen molar-refractivity contribution in [3.05, 3.63) is 0 Å². The number of amides is 2. The van der Waals surface area contributed by atoms with E-state index in [1.807, 2.05) is 6.92 Å². The van der Waals surface area contributed by atoms with Gasteiger partial charge in [0.15, 0.2) is 0 Å². The summed E-state index contributed by atoms with van der Waals surface area (Å²) in [6.07, 6.45) is 0. The van der Waals surface area contributed by atoms with Gasteiger partial charge in [-0.05, 0) is 12.8 Å². The second kappa shape index (κ2) is 6.28. The molecule has 2 N–H and O–H groups in total. The summed E-state index contributed by atoms with van der Waals surface area (Å²) in [6.45, 7) is 7.50. The van der Waals surface area contributed by atoms with Gasteiger partial charge in [0, 0.05) is 13.1 Å². The molecule has 11 heavy (non-hydrogen) atoms. The highest BCUT2D eigenvalue weighted by Gasteiger charge is 2.07. The van der Waals surface area contributed by atoms with Crippen LogP contribution in [0.1, 0.15) is 20.8 Å². The summed E-state index contributed by atoms with van der Waals surface area (Å²) in [5.41, 5.74) is 5.08. The minimum atomic E-state index is -0.323. The maximum Gasteiger partial charge on any atom is 0.314 e. The first kappa shape index (κ1) is 13.2. The van der Waals surface area contributed by atoms with Gasteiger partial charge in [0.1, 0.15) is 0 Å². The van der Waals surface area contributed by atoms with E-state index < -0.39 is 0 Å². The van der Waals surface area contributed by atoms with Crippen LogP contribution in [0.3, 0.4) is 0 Å². The number of hydrogen-bond acceptors (Lipinski definition) is 1. The Labute approximate surface area is 74.3 Å². The summed E-state index contributed by atoms with van der Waals surface area (Å²) in [7, 11) is 0. The fourth-order valence-corrected chi connectivity index (χ4v) is 0.816. The lowest BCUT2D eigenvalue weighted by Gasteiger charge is -2.19. The van der Waals surface area contributed by atoms with Crippen molar-refractivity contribution in [3.8, 4) is 0 Å². The molecule has 0 saturated carbocycles. The van der Waals surface area contributed by atoms with Gasteiger partial charge in [0.05, 0.1) is 0 Å². The number of urea groups is 1. The molecule has 0 aromatic rings. The molecule has 0 bridgehead atoms. The predicted octanol–water partition coefficient (Wildman–Crippen LogP) is 1.46. The molecule has 0 aliphatic heterocycles. The van der Waals surface area contributed by atoms with Gasteiger partial charge < -0.3 is 10.6 Å². The minimum Gasteiger partial charge on any atom is -0.351 e. The van der Waals surface area contributed by atoms with E-state index in [1.54, 1.807) is 4.90 Å². The molecule has 0 rings (SSSR count). The van der Waals surface area contributed by atoms with Gasteiger partial charge in [0.2, 0.25) is 0 Å². The van der Waals surface area contributed by atoms with Crippen LogP contribution >= 0.6 is 12.4 Å². The lowest BCUT2D eigenvalue weighted by atomic mass is 10.2. The second-order valence-electron chi connectivity index (χ2n) is 2.77. The van der Waals surface area contributed by atoms with Crippen LogP contribution in [0.4, 0.5) is 4.79 Å². The van der Waals surface area contributed by atoms with Crippen LogP contribution in [-0.2, 0) is 0 Å². The van der Waals surface area contributed by atoms with Crippen LogP contribution in [0.15, 0.2) is 0 Å². The first-order valence-corrected chi connectivity index (χ1v) is 3.62. The molecule has 0 aliphatic rings. The molecular formula is C7H17ClN2O. The first-order chi connectivity index (χ1) is 4.57. The van der Waals surface area contributed by atoms with Crippen molar-refractivity contribution in [3.63, 3.8) is 0 Å². The number of nitrogens with zero attached hydrogens (tertiary/aromatic N) is 1. The van der Waals surface area contributed by atoms with Crippen molar-refractivity contribution in [2.75, 3.05) is 13.1 Å². The zero-order valence-corrected chi connectivity index (χ0v) is 8.15. The third-order valence-corrected chi connectivity index (χ3v) is 1.28. The number of halogens is 1. The molecular weight excluding hydrogens is 164 g/mol. The Kier molecular flexibility index (Phi) is 7.52. The highest BCUT2D eigenvalue weighted by molar-refractivity contribution is 5.85. The van der Waals surface area contributed by atoms with E-state index >= 15 is 0 Å². The van der Waals surface area contributed by atoms with E-state index in [-0.39, 0.29) is 18.4 Å². The Hall–Kier alpha value is -0.440. The molecule has 0 heterocycles. The molecule has 0 radical (unpaired) electrons. The maximum atomic E-state index is 10.6. The predicted molar refractivity (Wildman–Crippen MR) is 48.9 cm³/mol. The van der Waals surface area contributed by atoms with E-state index in [9.17, 15) is 4.79 Å². The standard InChI is InChI=1S/C7H16N2O.ClH/c1-4-9(7(8)10)5-6(2)3;/h6H,4-5H2,1-3H3,(H2,8,10);1H. The molecule has 2 amide bonds. The number of rotatable bonds is 3. The zero-order valence-electron chi connectivity index (χ0n) is 7.33. The number of hydrogen-bond donors (Lipinski definition) is 1. The summed E-state index contributed by atoms with van der Waals surface area (Å²) in [5, 5.41) is 0. The molecule has 0 fully saturated rings. The van der Waals surface area contributed by atoms with E-state index in [4.69, 9.17) is 5.73 Å². The lowest BCUT2D eigenvalue weighted by Crippen LogP contribution is -2.37. The van der Waals surface area contributed by atoms with Crippen molar-refractivity contribution in [2.45, 2.75) is 20.8 Å². The van der Waals surface area contributed by atoms with E-state index in [2.05, 4.69) is 13.8 Å². The smallest absolute Gasteiger partial charge is 0.314 e. The average Bonchev–Trinajstić information content (AvgIpc) is 1.81. The van der Waals surface area contributed by atoms with Gasteiger partial charge in [-0.25, -0.2) is 4.79 Å². The van der Waals surface area contributed by atoms with Crippen LogP contribution in [0.25, 0.3) is 0 Å². The van der Waals surface area contributed by atoms with Crippen LogP contribution in [0.5, 0.6) is 0 Å². The normalized spacial score (nSPS) is 9.09. The number of primary amides is 1. The molecule has 3 nitrogen and oxygen atoms in total. The van der Waals surface area contributed by atoms with E-state index in [0.29, 0.717) is 12.5 Å². The third kappa shape index (κ3) is 5.98. The molecule has 0 atom stereocenters. The summed E-state index contributed by atoms with van der Waals surface area (Å²) < 4.78 is 0. The molecule has 4 heteroatoms. The van der Waals surface area contributed by atoms with Gasteiger partial charge in [-0.3, -0.25) is 0 Å². The van der Waals surface area contributed by atoms with Gasteiger partial charge >= 0.3 is 6.03 Å². The lowest BCUT2D eigenvalue weighted by molar-refractivity contribution is 0.203. The first-order valence-electron chi connectivity index (χ1n) is 3.62. The van der Waals surface area contributed by atoms with Crippen molar-refractivity contribution in [2.24, 2.45) is 11.7 Å². The van der Waals surface area contributed by atoms with Crippen molar-refractivity contribution in [1.29, 1.82) is 0 Å².